The molecule has 0 spiro atoms. The molecule has 0 fully saturated rings. The van der Waals surface area contributed by atoms with Crippen LogP contribution >= 0.6 is 0 Å². The standard InChI is InChI=1S/C50H34BO2/c1-3-15-35(16-4-1)49(45-23-11-7-19-41(45)42-20-8-12-24-46(42)49)37-27-31-39(32-28-37)52-51-53-40-33-29-38(30-34-40)50(36-17-5-2-6-18-36)47-25-13-9-21-43(47)44-22-10-14-26-48(44)50/h1-34H. The van der Waals surface area contributed by atoms with Gasteiger partial charge in [0.1, 0.15) is 11.5 Å². The van der Waals surface area contributed by atoms with Crippen molar-refractivity contribution in [1.82, 2.24) is 0 Å². The molecule has 0 saturated carbocycles. The molecule has 1 radical (unpaired) electrons. The van der Waals surface area contributed by atoms with Crippen molar-refractivity contribution in [2.45, 2.75) is 10.8 Å². The van der Waals surface area contributed by atoms with Gasteiger partial charge in [0.25, 0.3) is 0 Å². The van der Waals surface area contributed by atoms with Crippen LogP contribution in [0.5, 0.6) is 11.5 Å². The maximum absolute atomic E-state index is 6.07. The second-order valence-corrected chi connectivity index (χ2v) is 13.8. The van der Waals surface area contributed by atoms with Crippen molar-refractivity contribution >= 4 is 7.69 Å². The van der Waals surface area contributed by atoms with E-state index >= 15 is 0 Å². The van der Waals surface area contributed by atoms with E-state index in [1.54, 1.807) is 0 Å². The fourth-order valence-corrected chi connectivity index (χ4v) is 9.13. The number of rotatable bonds is 8. The summed E-state index contributed by atoms with van der Waals surface area (Å²) in [4.78, 5) is 0. The number of fused-ring (bicyclic) bond motifs is 6. The van der Waals surface area contributed by atoms with Gasteiger partial charge in [-0.1, -0.05) is 182 Å². The molecular weight excluding hydrogens is 643 g/mol. The second-order valence-electron chi connectivity index (χ2n) is 13.8. The summed E-state index contributed by atoms with van der Waals surface area (Å²) in [6, 6.07) is 73.6. The lowest BCUT2D eigenvalue weighted by atomic mass is 9.68. The van der Waals surface area contributed by atoms with E-state index in [1.807, 2.05) is 24.3 Å². The van der Waals surface area contributed by atoms with Crippen LogP contribution in [0.3, 0.4) is 0 Å². The second kappa shape index (κ2) is 12.6. The molecular formula is C50H34BO2. The van der Waals surface area contributed by atoms with Crippen molar-refractivity contribution in [3.05, 3.63) is 251 Å². The zero-order valence-electron chi connectivity index (χ0n) is 29.0. The summed E-state index contributed by atoms with van der Waals surface area (Å²) in [5.41, 5.74) is 14.2. The van der Waals surface area contributed by atoms with Crippen LogP contribution in [0.15, 0.2) is 206 Å². The van der Waals surface area contributed by atoms with E-state index in [9.17, 15) is 0 Å². The normalized spacial score (nSPS) is 14.0. The van der Waals surface area contributed by atoms with Crippen LogP contribution in [0.25, 0.3) is 22.3 Å². The van der Waals surface area contributed by atoms with Crippen LogP contribution in [0.1, 0.15) is 44.5 Å². The van der Waals surface area contributed by atoms with Crippen molar-refractivity contribution in [2.24, 2.45) is 0 Å². The van der Waals surface area contributed by atoms with Crippen LogP contribution in [-0.4, -0.2) is 7.69 Å². The highest BCUT2D eigenvalue weighted by atomic mass is 16.6. The van der Waals surface area contributed by atoms with Gasteiger partial charge in [-0.05, 0) is 91.0 Å². The molecule has 0 saturated heterocycles. The Bertz CT molecular complexity index is 2300. The van der Waals surface area contributed by atoms with Crippen LogP contribution in [0.4, 0.5) is 0 Å². The molecule has 0 bridgehead atoms. The lowest BCUT2D eigenvalue weighted by Gasteiger charge is -2.34. The minimum Gasteiger partial charge on any atom is -0.526 e. The summed E-state index contributed by atoms with van der Waals surface area (Å²) in [6.45, 7) is 0. The van der Waals surface area contributed by atoms with Crippen molar-refractivity contribution in [3.8, 4) is 33.8 Å². The molecule has 0 N–H and O–H groups in total. The molecule has 2 nitrogen and oxygen atoms in total. The Morgan fingerprint density at radius 2 is 0.528 bits per heavy atom. The highest BCUT2D eigenvalue weighted by molar-refractivity contribution is 6.20. The third-order valence-corrected chi connectivity index (χ3v) is 11.3. The van der Waals surface area contributed by atoms with E-state index < -0.39 is 10.8 Å². The van der Waals surface area contributed by atoms with Crippen LogP contribution in [0.2, 0.25) is 0 Å². The summed E-state index contributed by atoms with van der Waals surface area (Å²) in [7, 11) is 1.42. The molecule has 2 aliphatic carbocycles. The molecule has 53 heavy (non-hydrogen) atoms. The molecule has 249 valence electrons. The highest BCUT2D eigenvalue weighted by Crippen LogP contribution is 2.57. The fourth-order valence-electron chi connectivity index (χ4n) is 9.13. The molecule has 3 heteroatoms. The first-order valence-electron chi connectivity index (χ1n) is 18.2. The predicted octanol–water partition coefficient (Wildman–Crippen LogP) is 11.4. The van der Waals surface area contributed by atoms with Gasteiger partial charge in [-0.2, -0.15) is 0 Å². The van der Waals surface area contributed by atoms with E-state index in [1.165, 1.54) is 74.4 Å². The van der Waals surface area contributed by atoms with Crippen LogP contribution in [-0.2, 0) is 10.8 Å². The number of hydrogen-bond acceptors (Lipinski definition) is 2. The monoisotopic (exact) mass is 677 g/mol. The highest BCUT2D eigenvalue weighted by Gasteiger charge is 2.47. The molecule has 8 aromatic carbocycles. The van der Waals surface area contributed by atoms with Gasteiger partial charge >= 0.3 is 7.69 Å². The summed E-state index contributed by atoms with van der Waals surface area (Å²) < 4.78 is 12.1. The lowest BCUT2D eigenvalue weighted by Crippen LogP contribution is -2.28. The molecule has 0 aromatic heterocycles. The van der Waals surface area contributed by atoms with Gasteiger partial charge < -0.3 is 9.31 Å². The molecule has 0 heterocycles. The van der Waals surface area contributed by atoms with Crippen molar-refractivity contribution in [2.75, 3.05) is 0 Å². The van der Waals surface area contributed by atoms with Gasteiger partial charge in [-0.25, -0.2) is 0 Å². The third-order valence-electron chi connectivity index (χ3n) is 11.3. The topological polar surface area (TPSA) is 18.5 Å². The molecule has 0 atom stereocenters. The maximum Gasteiger partial charge on any atom is 0.658 e. The van der Waals surface area contributed by atoms with Gasteiger partial charge in [-0.15, -0.1) is 0 Å². The van der Waals surface area contributed by atoms with Crippen LogP contribution < -0.4 is 9.31 Å². The summed E-state index contributed by atoms with van der Waals surface area (Å²) in [6.07, 6.45) is 0. The lowest BCUT2D eigenvalue weighted by molar-refractivity contribution is 0.458. The first-order chi connectivity index (χ1) is 26.3. The quantitative estimate of drug-likeness (QED) is 0.149. The Labute approximate surface area is 311 Å². The summed E-state index contributed by atoms with van der Waals surface area (Å²) >= 11 is 0. The predicted molar refractivity (Wildman–Crippen MR) is 215 cm³/mol. The molecule has 0 amide bonds. The van der Waals surface area contributed by atoms with Gasteiger partial charge in [0, 0.05) is 0 Å². The van der Waals surface area contributed by atoms with Crippen molar-refractivity contribution in [3.63, 3.8) is 0 Å². The third kappa shape index (κ3) is 4.67. The summed E-state index contributed by atoms with van der Waals surface area (Å²) in [5.74, 6) is 1.41. The van der Waals surface area contributed by atoms with Gasteiger partial charge in [0.2, 0.25) is 0 Å². The molecule has 0 unspecified atom stereocenters. The Morgan fingerprint density at radius 3 is 0.849 bits per heavy atom. The number of benzene rings is 8. The van der Waals surface area contributed by atoms with E-state index in [4.69, 9.17) is 9.31 Å². The summed E-state index contributed by atoms with van der Waals surface area (Å²) in [5, 5.41) is 0. The first kappa shape index (κ1) is 31.2. The van der Waals surface area contributed by atoms with E-state index in [0.717, 1.165) is 0 Å². The largest absolute Gasteiger partial charge is 0.658 e. The Morgan fingerprint density at radius 1 is 0.264 bits per heavy atom. The van der Waals surface area contributed by atoms with Crippen molar-refractivity contribution in [1.29, 1.82) is 0 Å². The zero-order valence-corrected chi connectivity index (χ0v) is 29.0. The average Bonchev–Trinajstić information content (AvgIpc) is 3.71. The molecule has 10 rings (SSSR count). The molecule has 2 aliphatic rings. The first-order valence-corrected chi connectivity index (χ1v) is 18.2. The Kier molecular flexibility index (Phi) is 7.40. The zero-order chi connectivity index (χ0) is 35.2. The minimum atomic E-state index is -0.438. The minimum absolute atomic E-state index is 0.438. The van der Waals surface area contributed by atoms with Gasteiger partial charge in [0.05, 0.1) is 10.8 Å². The van der Waals surface area contributed by atoms with E-state index in [-0.39, 0.29) is 0 Å². The number of hydrogen-bond donors (Lipinski definition) is 0. The van der Waals surface area contributed by atoms with Crippen molar-refractivity contribution < 1.29 is 9.31 Å². The Hall–Kier alpha value is -6.58. The maximum atomic E-state index is 6.07. The van der Waals surface area contributed by atoms with E-state index in [0.29, 0.717) is 11.5 Å². The van der Waals surface area contributed by atoms with Gasteiger partial charge in [-0.3, -0.25) is 0 Å². The van der Waals surface area contributed by atoms with Gasteiger partial charge in [0.15, 0.2) is 0 Å². The average molecular weight is 678 g/mol. The smallest absolute Gasteiger partial charge is 0.526 e. The molecule has 0 aliphatic heterocycles. The van der Waals surface area contributed by atoms with E-state index in [2.05, 4.69) is 182 Å². The fraction of sp³-hybridized carbons (Fsp3) is 0.0400. The Balaban J connectivity index is 0.933. The SMILES string of the molecule is [B](Oc1ccc(C2(c3ccccc3)c3ccccc3-c3ccccc32)cc1)Oc1ccc(C2(c3ccccc3)c3ccccc3-c3ccccc32)cc1. The molecule has 8 aromatic rings. The van der Waals surface area contributed by atoms with Crippen LogP contribution in [0, 0.1) is 0 Å².